The lowest BCUT2D eigenvalue weighted by Crippen LogP contribution is -2.51. The number of ether oxygens (including phenoxy) is 1. The molecule has 2 N–H and O–H groups in total. The number of benzene rings is 1. The minimum Gasteiger partial charge on any atom is -0.480 e. The summed E-state index contributed by atoms with van der Waals surface area (Å²) in [6.07, 6.45) is 7.09. The number of carbonyl (C=O) groups is 2. The minimum absolute atomic E-state index is 0.0235. The highest BCUT2D eigenvalue weighted by molar-refractivity contribution is 5.80. The lowest BCUT2D eigenvalue weighted by Gasteiger charge is -2.38. The van der Waals surface area contributed by atoms with E-state index in [0.717, 1.165) is 44.1 Å². The molecule has 2 unspecified atom stereocenters. The van der Waals surface area contributed by atoms with E-state index in [0.29, 0.717) is 5.92 Å². The molecule has 2 aliphatic carbocycles. The van der Waals surface area contributed by atoms with Gasteiger partial charge in [0.25, 0.3) is 0 Å². The number of carboxylic acids is 1. The van der Waals surface area contributed by atoms with E-state index >= 15 is 0 Å². The zero-order valence-electron chi connectivity index (χ0n) is 15.4. The van der Waals surface area contributed by atoms with Gasteiger partial charge >= 0.3 is 12.1 Å². The Morgan fingerprint density at radius 1 is 1.19 bits per heavy atom. The molecule has 2 fully saturated rings. The normalized spacial score (nSPS) is 21.4. The Hall–Kier alpha value is -2.04. The van der Waals surface area contributed by atoms with Crippen LogP contribution < -0.4 is 5.32 Å². The van der Waals surface area contributed by atoms with Crippen LogP contribution in [-0.4, -0.2) is 23.2 Å². The fourth-order valence-electron chi connectivity index (χ4n) is 4.46. The van der Waals surface area contributed by atoms with Gasteiger partial charge in [-0.15, -0.1) is 0 Å². The maximum Gasteiger partial charge on any atom is 0.408 e. The number of alkyl carbamates (subject to hydrolysis) is 1. The molecule has 1 aromatic rings. The van der Waals surface area contributed by atoms with Crippen molar-refractivity contribution < 1.29 is 19.4 Å². The minimum atomic E-state index is -0.953. The SMILES string of the molecule is CC1(C(C2CCCCC2)C(NC(=O)OCc2ccccc2)C(=O)O)CC1. The third kappa shape index (κ3) is 4.57. The molecule has 2 atom stereocenters. The highest BCUT2D eigenvalue weighted by Gasteiger charge is 2.53. The van der Waals surface area contributed by atoms with Crippen LogP contribution in [0.25, 0.3) is 0 Å². The Kier molecular flexibility index (Phi) is 5.84. The summed E-state index contributed by atoms with van der Waals surface area (Å²) in [5.74, 6) is -0.610. The van der Waals surface area contributed by atoms with Crippen LogP contribution in [0.2, 0.25) is 0 Å². The predicted molar refractivity (Wildman–Crippen MR) is 98.6 cm³/mol. The molecular weight excluding hydrogens is 330 g/mol. The first-order chi connectivity index (χ1) is 12.5. The topological polar surface area (TPSA) is 75.6 Å². The summed E-state index contributed by atoms with van der Waals surface area (Å²) >= 11 is 0. The number of hydrogen-bond donors (Lipinski definition) is 2. The molecule has 5 heteroatoms. The maximum absolute atomic E-state index is 12.3. The van der Waals surface area contributed by atoms with Gasteiger partial charge in [0.15, 0.2) is 0 Å². The number of nitrogens with one attached hydrogen (secondary N) is 1. The fraction of sp³-hybridized carbons (Fsp3) is 0.619. The van der Waals surface area contributed by atoms with E-state index in [2.05, 4.69) is 12.2 Å². The van der Waals surface area contributed by atoms with Crippen molar-refractivity contribution in [3.8, 4) is 0 Å². The van der Waals surface area contributed by atoms with Crippen LogP contribution in [0.3, 0.4) is 0 Å². The second-order valence-corrected chi connectivity index (χ2v) is 8.10. The van der Waals surface area contributed by atoms with Crippen molar-refractivity contribution in [2.45, 2.75) is 64.5 Å². The maximum atomic E-state index is 12.3. The molecule has 0 heterocycles. The molecule has 142 valence electrons. The molecule has 2 saturated carbocycles. The van der Waals surface area contributed by atoms with Crippen molar-refractivity contribution in [2.24, 2.45) is 17.3 Å². The first-order valence-electron chi connectivity index (χ1n) is 9.70. The van der Waals surface area contributed by atoms with E-state index in [1.807, 2.05) is 30.3 Å². The molecule has 0 saturated heterocycles. The average Bonchev–Trinajstić information content (AvgIpc) is 3.39. The zero-order valence-corrected chi connectivity index (χ0v) is 15.4. The van der Waals surface area contributed by atoms with Gasteiger partial charge in [0, 0.05) is 0 Å². The van der Waals surface area contributed by atoms with E-state index in [-0.39, 0.29) is 17.9 Å². The first kappa shape index (κ1) is 18.7. The van der Waals surface area contributed by atoms with Crippen molar-refractivity contribution in [3.05, 3.63) is 35.9 Å². The van der Waals surface area contributed by atoms with Crippen LogP contribution in [-0.2, 0) is 16.1 Å². The average molecular weight is 359 g/mol. The molecular formula is C21H29NO4. The van der Waals surface area contributed by atoms with Gasteiger partial charge in [-0.25, -0.2) is 9.59 Å². The summed E-state index contributed by atoms with van der Waals surface area (Å²) in [6.45, 7) is 2.31. The molecule has 0 radical (unpaired) electrons. The Labute approximate surface area is 155 Å². The Balaban J connectivity index is 1.66. The number of hydrogen-bond acceptors (Lipinski definition) is 3. The molecule has 5 nitrogen and oxygen atoms in total. The third-order valence-electron chi connectivity index (χ3n) is 6.11. The molecule has 0 spiro atoms. The van der Waals surface area contributed by atoms with E-state index in [1.54, 1.807) is 0 Å². The smallest absolute Gasteiger partial charge is 0.408 e. The van der Waals surface area contributed by atoms with E-state index < -0.39 is 18.1 Å². The number of aliphatic carboxylic acids is 1. The highest BCUT2D eigenvalue weighted by atomic mass is 16.5. The van der Waals surface area contributed by atoms with Crippen LogP contribution in [0.5, 0.6) is 0 Å². The number of carbonyl (C=O) groups excluding carboxylic acids is 1. The second-order valence-electron chi connectivity index (χ2n) is 8.10. The van der Waals surface area contributed by atoms with Crippen LogP contribution in [0.1, 0.15) is 57.4 Å². The highest BCUT2D eigenvalue weighted by Crippen LogP contribution is 2.57. The molecule has 0 bridgehead atoms. The second kappa shape index (κ2) is 8.11. The lowest BCUT2D eigenvalue weighted by atomic mass is 9.69. The number of carboxylic acid groups (broad SMARTS) is 1. The van der Waals surface area contributed by atoms with Crippen molar-refractivity contribution in [2.75, 3.05) is 0 Å². The third-order valence-corrected chi connectivity index (χ3v) is 6.11. The van der Waals surface area contributed by atoms with Gasteiger partial charge in [0.1, 0.15) is 12.6 Å². The van der Waals surface area contributed by atoms with Crippen molar-refractivity contribution in [3.63, 3.8) is 0 Å². The van der Waals surface area contributed by atoms with Gasteiger partial charge < -0.3 is 15.2 Å². The van der Waals surface area contributed by atoms with E-state index in [9.17, 15) is 14.7 Å². The Morgan fingerprint density at radius 2 is 1.85 bits per heavy atom. The summed E-state index contributed by atoms with van der Waals surface area (Å²) in [5, 5.41) is 12.5. The van der Waals surface area contributed by atoms with Crippen LogP contribution in [0.4, 0.5) is 4.79 Å². The zero-order chi connectivity index (χ0) is 18.6. The Morgan fingerprint density at radius 3 is 2.42 bits per heavy atom. The van der Waals surface area contributed by atoms with Crippen molar-refractivity contribution >= 4 is 12.1 Å². The van der Waals surface area contributed by atoms with Gasteiger partial charge in [-0.2, -0.15) is 0 Å². The quantitative estimate of drug-likeness (QED) is 0.758. The van der Waals surface area contributed by atoms with Crippen LogP contribution >= 0.6 is 0 Å². The van der Waals surface area contributed by atoms with Crippen LogP contribution in [0, 0.1) is 17.3 Å². The standard InChI is InChI=1S/C21H29NO4/c1-21(12-13-21)17(16-10-6-3-7-11-16)18(19(23)24)22-20(25)26-14-15-8-4-2-5-9-15/h2,4-5,8-9,16-18H,3,6-7,10-14H2,1H3,(H,22,25)(H,23,24). The molecule has 1 amide bonds. The number of amides is 1. The van der Waals surface area contributed by atoms with E-state index in [1.165, 1.54) is 6.42 Å². The molecule has 0 aliphatic heterocycles. The van der Waals surface area contributed by atoms with Gasteiger partial charge in [0.2, 0.25) is 0 Å². The summed E-state index contributed by atoms with van der Waals surface area (Å²) in [4.78, 5) is 24.3. The predicted octanol–water partition coefficient (Wildman–Crippen LogP) is 4.36. The van der Waals surface area contributed by atoms with E-state index in [4.69, 9.17) is 4.74 Å². The number of rotatable bonds is 7. The molecule has 3 rings (SSSR count). The van der Waals surface area contributed by atoms with Crippen molar-refractivity contribution in [1.29, 1.82) is 0 Å². The lowest BCUT2D eigenvalue weighted by molar-refractivity contribution is -0.142. The summed E-state index contributed by atoms with van der Waals surface area (Å²) < 4.78 is 5.27. The first-order valence-corrected chi connectivity index (χ1v) is 9.70. The molecule has 26 heavy (non-hydrogen) atoms. The van der Waals surface area contributed by atoms with Gasteiger partial charge in [-0.3, -0.25) is 0 Å². The Bertz CT molecular complexity index is 620. The van der Waals surface area contributed by atoms with Crippen LogP contribution in [0.15, 0.2) is 30.3 Å². The molecule has 1 aromatic carbocycles. The summed E-state index contributed by atoms with van der Waals surface area (Å²) in [5.41, 5.74) is 0.908. The van der Waals surface area contributed by atoms with Gasteiger partial charge in [0.05, 0.1) is 0 Å². The largest absolute Gasteiger partial charge is 0.480 e. The molecule has 0 aromatic heterocycles. The fourth-order valence-corrected chi connectivity index (χ4v) is 4.46. The van der Waals surface area contributed by atoms with Gasteiger partial charge in [-0.1, -0.05) is 69.4 Å². The summed E-state index contributed by atoms with van der Waals surface area (Å²) in [7, 11) is 0. The van der Waals surface area contributed by atoms with Crippen molar-refractivity contribution in [1.82, 2.24) is 5.32 Å². The molecule has 2 aliphatic rings. The monoisotopic (exact) mass is 359 g/mol. The summed E-state index contributed by atoms with van der Waals surface area (Å²) in [6, 6.07) is 8.52. The van der Waals surface area contributed by atoms with Gasteiger partial charge in [-0.05, 0) is 35.7 Å².